The van der Waals surface area contributed by atoms with Crippen LogP contribution >= 0.6 is 11.3 Å². The van der Waals surface area contributed by atoms with Crippen LogP contribution in [0, 0.1) is 19.8 Å². The molecule has 0 bridgehead atoms. The van der Waals surface area contributed by atoms with E-state index in [1.54, 1.807) is 26.8 Å². The van der Waals surface area contributed by atoms with Gasteiger partial charge in [0.25, 0.3) is 0 Å². The lowest BCUT2D eigenvalue weighted by Gasteiger charge is -2.27. The van der Waals surface area contributed by atoms with E-state index in [0.717, 1.165) is 54.0 Å². The van der Waals surface area contributed by atoms with Crippen molar-refractivity contribution in [2.24, 2.45) is 5.92 Å². The zero-order valence-electron chi connectivity index (χ0n) is 22.9. The van der Waals surface area contributed by atoms with Gasteiger partial charge in [0.1, 0.15) is 22.6 Å². The summed E-state index contributed by atoms with van der Waals surface area (Å²) in [5.74, 6) is 1.12. The van der Waals surface area contributed by atoms with E-state index in [-0.39, 0.29) is 12.7 Å². The molecule has 2 aromatic carbocycles. The quantitative estimate of drug-likeness (QED) is 0.245. The molecule has 4 rings (SSSR count). The van der Waals surface area contributed by atoms with Gasteiger partial charge in [-0.1, -0.05) is 25.0 Å². The maximum absolute atomic E-state index is 13.0. The minimum absolute atomic E-state index is 0.227. The van der Waals surface area contributed by atoms with Gasteiger partial charge in [-0.05, 0) is 83.4 Å². The number of ether oxygens (including phenoxy) is 3. The smallest absolute Gasteiger partial charge is 0.416 e. The monoisotopic (exact) mass is 561 g/mol. The number of alkyl halides is 3. The normalized spacial score (nSPS) is 15.3. The molecule has 0 aliphatic heterocycles. The molecule has 39 heavy (non-hydrogen) atoms. The summed E-state index contributed by atoms with van der Waals surface area (Å²) in [6.45, 7) is 9.19. The van der Waals surface area contributed by atoms with Crippen LogP contribution in [-0.4, -0.2) is 23.2 Å². The van der Waals surface area contributed by atoms with Gasteiger partial charge in [-0.3, -0.25) is 0 Å². The van der Waals surface area contributed by atoms with Crippen molar-refractivity contribution in [3.8, 4) is 22.1 Å². The third kappa shape index (κ3) is 6.75. The van der Waals surface area contributed by atoms with Gasteiger partial charge in [0.15, 0.2) is 5.60 Å². The van der Waals surface area contributed by atoms with Crippen LogP contribution in [0.15, 0.2) is 42.5 Å². The fraction of sp³-hybridized carbons (Fsp3) is 0.467. The minimum atomic E-state index is -4.38. The Bertz CT molecular complexity index is 1290. The van der Waals surface area contributed by atoms with Gasteiger partial charge in [0, 0.05) is 11.5 Å². The third-order valence-electron chi connectivity index (χ3n) is 6.92. The first-order valence-corrected chi connectivity index (χ1v) is 14.0. The number of aromatic nitrogens is 1. The number of hydrogen-bond donors (Lipinski definition) is 0. The molecule has 210 valence electrons. The lowest BCUT2D eigenvalue weighted by atomic mass is 9.98. The molecule has 1 aromatic heterocycles. The van der Waals surface area contributed by atoms with Gasteiger partial charge in [-0.2, -0.15) is 13.2 Å². The number of thiazole rings is 1. The molecule has 1 saturated carbocycles. The zero-order valence-corrected chi connectivity index (χ0v) is 23.7. The molecule has 1 fully saturated rings. The number of carbonyl (C=O) groups is 1. The van der Waals surface area contributed by atoms with Crippen LogP contribution in [-0.2, 0) is 15.7 Å². The highest BCUT2D eigenvalue weighted by molar-refractivity contribution is 7.15. The van der Waals surface area contributed by atoms with Crippen molar-refractivity contribution in [2.75, 3.05) is 6.61 Å². The third-order valence-corrected chi connectivity index (χ3v) is 8.19. The summed E-state index contributed by atoms with van der Waals surface area (Å²) >= 11 is 1.47. The molecule has 1 heterocycles. The second-order valence-corrected chi connectivity index (χ2v) is 11.4. The van der Waals surface area contributed by atoms with Crippen molar-refractivity contribution in [2.45, 2.75) is 78.2 Å². The summed E-state index contributed by atoms with van der Waals surface area (Å²) in [5.41, 5.74) is 0.472. The number of benzene rings is 2. The van der Waals surface area contributed by atoms with Crippen molar-refractivity contribution in [3.63, 3.8) is 0 Å². The summed E-state index contributed by atoms with van der Waals surface area (Å²) in [4.78, 5) is 18.0. The number of esters is 1. The molecule has 1 atom stereocenters. The van der Waals surface area contributed by atoms with Gasteiger partial charge in [-0.15, -0.1) is 11.3 Å². The van der Waals surface area contributed by atoms with E-state index in [1.807, 2.05) is 26.0 Å². The first kappa shape index (κ1) is 28.9. The van der Waals surface area contributed by atoms with Gasteiger partial charge in [0.2, 0.25) is 0 Å². The lowest BCUT2D eigenvalue weighted by Crippen LogP contribution is -2.39. The van der Waals surface area contributed by atoms with Crippen molar-refractivity contribution < 1.29 is 32.2 Å². The molecule has 5 nitrogen and oxygen atoms in total. The number of nitrogens with zero attached hydrogens (tertiary/aromatic N) is 1. The molecule has 1 aliphatic rings. The molecular formula is C30H34F3NO4S. The van der Waals surface area contributed by atoms with E-state index in [4.69, 9.17) is 19.2 Å². The second-order valence-electron chi connectivity index (χ2n) is 10.4. The SMILES string of the molecule is CCOC(=O)C(C)(C)Oc1ccc(OC(c2sc(-c3ccc(C(F)(F)F)cc3)nc2C)C2CCCC2)cc1C. The molecule has 0 saturated heterocycles. The van der Waals surface area contributed by atoms with Gasteiger partial charge < -0.3 is 14.2 Å². The Morgan fingerprint density at radius 3 is 2.33 bits per heavy atom. The molecule has 0 spiro atoms. The van der Waals surface area contributed by atoms with Crippen LogP contribution in [0.2, 0.25) is 0 Å². The van der Waals surface area contributed by atoms with Crippen molar-refractivity contribution >= 4 is 17.3 Å². The molecule has 9 heteroatoms. The van der Waals surface area contributed by atoms with Crippen molar-refractivity contribution in [3.05, 3.63) is 64.2 Å². The van der Waals surface area contributed by atoms with Gasteiger partial charge in [-0.25, -0.2) is 9.78 Å². The maximum atomic E-state index is 13.0. The van der Waals surface area contributed by atoms with Crippen molar-refractivity contribution in [1.82, 2.24) is 4.98 Å². The Labute approximate surface area is 231 Å². The Morgan fingerprint density at radius 1 is 1.08 bits per heavy atom. The number of aryl methyl sites for hydroxylation is 2. The molecule has 0 amide bonds. The summed E-state index contributed by atoms with van der Waals surface area (Å²) in [6, 6.07) is 10.6. The Hall–Kier alpha value is -3.07. The summed E-state index contributed by atoms with van der Waals surface area (Å²) in [7, 11) is 0. The van der Waals surface area contributed by atoms with E-state index in [1.165, 1.54) is 23.5 Å². The van der Waals surface area contributed by atoms with Crippen LogP contribution in [0.1, 0.15) is 74.3 Å². The van der Waals surface area contributed by atoms with Crippen LogP contribution in [0.3, 0.4) is 0 Å². The van der Waals surface area contributed by atoms with E-state index in [2.05, 4.69) is 0 Å². The van der Waals surface area contributed by atoms with E-state index in [0.29, 0.717) is 28.0 Å². The number of rotatable bonds is 9. The number of halogens is 3. The highest BCUT2D eigenvalue weighted by Crippen LogP contribution is 2.44. The largest absolute Gasteiger partial charge is 0.485 e. The highest BCUT2D eigenvalue weighted by atomic mass is 32.1. The fourth-order valence-corrected chi connectivity index (χ4v) is 5.99. The molecule has 0 N–H and O–H groups in total. The minimum Gasteiger partial charge on any atom is -0.485 e. The average Bonchev–Trinajstić information content (AvgIpc) is 3.54. The fourth-order valence-electron chi connectivity index (χ4n) is 4.80. The van der Waals surface area contributed by atoms with Crippen LogP contribution in [0.4, 0.5) is 13.2 Å². The van der Waals surface area contributed by atoms with Gasteiger partial charge >= 0.3 is 12.1 Å². The Balaban J connectivity index is 1.58. The topological polar surface area (TPSA) is 57.7 Å². The first-order valence-electron chi connectivity index (χ1n) is 13.2. The Morgan fingerprint density at radius 2 is 1.74 bits per heavy atom. The summed E-state index contributed by atoms with van der Waals surface area (Å²) < 4.78 is 56.8. The van der Waals surface area contributed by atoms with E-state index < -0.39 is 23.3 Å². The standard InChI is InChI=1S/C30H34F3NO4S/c1-6-36-28(35)29(4,5)38-24-16-15-23(17-18(24)2)37-25(20-9-7-8-10-20)26-19(3)34-27(39-26)21-11-13-22(14-12-21)30(31,32)33/h11-17,20,25H,6-10H2,1-5H3. The van der Waals surface area contributed by atoms with E-state index in [9.17, 15) is 18.0 Å². The molecular weight excluding hydrogens is 527 g/mol. The first-order chi connectivity index (χ1) is 18.4. The predicted molar refractivity (Wildman–Crippen MR) is 145 cm³/mol. The average molecular weight is 562 g/mol. The van der Waals surface area contributed by atoms with Crippen LogP contribution in [0.5, 0.6) is 11.5 Å². The van der Waals surface area contributed by atoms with Gasteiger partial charge in [0.05, 0.1) is 22.7 Å². The van der Waals surface area contributed by atoms with Crippen LogP contribution < -0.4 is 9.47 Å². The number of hydrogen-bond acceptors (Lipinski definition) is 6. The lowest BCUT2D eigenvalue weighted by molar-refractivity contribution is -0.158. The second kappa shape index (κ2) is 11.6. The maximum Gasteiger partial charge on any atom is 0.416 e. The van der Waals surface area contributed by atoms with E-state index >= 15 is 0 Å². The molecule has 1 unspecified atom stereocenters. The summed E-state index contributed by atoms with van der Waals surface area (Å²) in [6.07, 6.45) is -0.282. The number of carbonyl (C=O) groups excluding carboxylic acids is 1. The molecule has 0 radical (unpaired) electrons. The highest BCUT2D eigenvalue weighted by Gasteiger charge is 2.34. The predicted octanol–water partition coefficient (Wildman–Crippen LogP) is 8.48. The zero-order chi connectivity index (χ0) is 28.4. The van der Waals surface area contributed by atoms with Crippen LogP contribution in [0.25, 0.3) is 10.6 Å². The molecule has 1 aliphatic carbocycles. The molecule has 3 aromatic rings. The summed E-state index contributed by atoms with van der Waals surface area (Å²) in [5, 5.41) is 0.670. The van der Waals surface area contributed by atoms with Crippen molar-refractivity contribution in [1.29, 1.82) is 0 Å². The Kier molecular flexibility index (Phi) is 8.59.